The molecular weight excluding hydrogens is 242 g/mol. The maximum atomic E-state index is 5.54. The zero-order valence-electron chi connectivity index (χ0n) is 12.6. The van der Waals surface area contributed by atoms with Crippen molar-refractivity contribution >= 4 is 11.8 Å². The third kappa shape index (κ3) is 5.44. The first kappa shape index (κ1) is 17.5. The number of thioether (sulfide) groups is 1. The Morgan fingerprint density at radius 2 is 1.94 bits per heavy atom. The van der Waals surface area contributed by atoms with Gasteiger partial charge in [-0.15, -0.1) is 11.8 Å². The summed E-state index contributed by atoms with van der Waals surface area (Å²) < 4.78 is 2.00. The lowest BCUT2D eigenvalue weighted by atomic mass is 10.1. The van der Waals surface area contributed by atoms with Crippen LogP contribution in [0.15, 0.2) is 11.1 Å². The minimum Gasteiger partial charge on any atom is -0.329 e. The van der Waals surface area contributed by atoms with Crippen LogP contribution >= 0.6 is 11.8 Å². The summed E-state index contributed by atoms with van der Waals surface area (Å²) in [6.07, 6.45) is 4.50. The van der Waals surface area contributed by atoms with Gasteiger partial charge < -0.3 is 5.73 Å². The van der Waals surface area contributed by atoms with Crippen molar-refractivity contribution in [1.29, 1.82) is 0 Å². The summed E-state index contributed by atoms with van der Waals surface area (Å²) >= 11 is 1.93. The predicted molar refractivity (Wildman–Crippen MR) is 82.2 cm³/mol. The molecule has 0 aliphatic rings. The summed E-state index contributed by atoms with van der Waals surface area (Å²) in [6, 6.07) is 0. The van der Waals surface area contributed by atoms with E-state index in [-0.39, 0.29) is 0 Å². The van der Waals surface area contributed by atoms with Crippen LogP contribution in [0.25, 0.3) is 0 Å². The molecule has 0 aliphatic heterocycles. The minimum atomic E-state index is 0.652. The van der Waals surface area contributed by atoms with E-state index in [1.807, 2.05) is 36.5 Å². The first-order valence-electron chi connectivity index (χ1n) is 7.08. The Labute approximate surface area is 117 Å². The van der Waals surface area contributed by atoms with Crippen LogP contribution in [-0.2, 0) is 6.54 Å². The van der Waals surface area contributed by atoms with E-state index in [0.717, 1.165) is 12.5 Å². The van der Waals surface area contributed by atoms with E-state index in [4.69, 9.17) is 5.73 Å². The van der Waals surface area contributed by atoms with Crippen LogP contribution in [0.3, 0.4) is 0 Å². The van der Waals surface area contributed by atoms with E-state index >= 15 is 0 Å². The van der Waals surface area contributed by atoms with Gasteiger partial charge in [0.25, 0.3) is 0 Å². The molecule has 0 aliphatic carbocycles. The lowest BCUT2D eigenvalue weighted by molar-refractivity contribution is 0.553. The first-order valence-corrected chi connectivity index (χ1v) is 8.06. The van der Waals surface area contributed by atoms with Crippen molar-refractivity contribution in [3.05, 3.63) is 11.9 Å². The van der Waals surface area contributed by atoms with Crippen LogP contribution in [0, 0.1) is 12.8 Å². The molecule has 2 N–H and O–H groups in total. The topological polar surface area (TPSA) is 43.8 Å². The Kier molecular flexibility index (Phi) is 10.2. The maximum absolute atomic E-state index is 5.54. The van der Waals surface area contributed by atoms with E-state index in [1.54, 1.807) is 0 Å². The Hall–Kier alpha value is -0.480. The Morgan fingerprint density at radius 3 is 2.44 bits per heavy atom. The molecule has 0 atom stereocenters. The maximum Gasteiger partial charge on any atom is 0.0628 e. The second kappa shape index (κ2) is 10.4. The van der Waals surface area contributed by atoms with Crippen molar-refractivity contribution < 1.29 is 0 Å². The normalized spacial score (nSPS) is 10.4. The number of nitrogens with zero attached hydrogens (tertiary/aromatic N) is 2. The van der Waals surface area contributed by atoms with Crippen LogP contribution in [0.1, 0.15) is 46.2 Å². The van der Waals surface area contributed by atoms with Crippen LogP contribution in [-0.4, -0.2) is 22.1 Å². The van der Waals surface area contributed by atoms with E-state index in [9.17, 15) is 0 Å². The predicted octanol–water partition coefficient (Wildman–Crippen LogP) is 3.70. The summed E-state index contributed by atoms with van der Waals surface area (Å²) in [5, 5.41) is 4.35. The van der Waals surface area contributed by atoms with Crippen molar-refractivity contribution in [3.63, 3.8) is 0 Å². The molecule has 106 valence electrons. The van der Waals surface area contributed by atoms with Crippen LogP contribution in [0.2, 0.25) is 0 Å². The van der Waals surface area contributed by atoms with Crippen molar-refractivity contribution in [2.75, 3.05) is 12.3 Å². The molecule has 0 spiro atoms. The highest BCUT2D eigenvalue weighted by Crippen LogP contribution is 2.26. The Bertz CT molecular complexity index is 306. The molecule has 0 saturated heterocycles. The van der Waals surface area contributed by atoms with Gasteiger partial charge >= 0.3 is 0 Å². The van der Waals surface area contributed by atoms with Gasteiger partial charge in [-0.05, 0) is 12.8 Å². The van der Waals surface area contributed by atoms with Gasteiger partial charge in [0.15, 0.2) is 0 Å². The number of hydrogen-bond donors (Lipinski definition) is 1. The molecule has 0 aromatic carbocycles. The van der Waals surface area contributed by atoms with Crippen molar-refractivity contribution in [2.24, 2.45) is 11.7 Å². The summed E-state index contributed by atoms with van der Waals surface area (Å²) in [7, 11) is 0. The molecular formula is C14H29N3S. The zero-order valence-corrected chi connectivity index (χ0v) is 13.4. The van der Waals surface area contributed by atoms with Crippen molar-refractivity contribution in [3.8, 4) is 0 Å². The van der Waals surface area contributed by atoms with E-state index < -0.39 is 0 Å². The van der Waals surface area contributed by atoms with Gasteiger partial charge in [-0.25, -0.2) is 0 Å². The summed E-state index contributed by atoms with van der Waals surface area (Å²) in [5.74, 6) is 2.02. The number of rotatable bonds is 7. The molecule has 0 amide bonds. The van der Waals surface area contributed by atoms with Gasteiger partial charge in [0.1, 0.15) is 0 Å². The highest BCUT2D eigenvalue weighted by Gasteiger charge is 2.09. The summed E-state index contributed by atoms with van der Waals surface area (Å²) in [4.78, 5) is 1.31. The molecule has 0 fully saturated rings. The van der Waals surface area contributed by atoms with Gasteiger partial charge in [0, 0.05) is 22.9 Å². The summed E-state index contributed by atoms with van der Waals surface area (Å²) in [5.41, 5.74) is 6.79. The third-order valence-electron chi connectivity index (χ3n) is 3.03. The fraction of sp³-hybridized carbons (Fsp3) is 0.786. The van der Waals surface area contributed by atoms with Gasteiger partial charge in [0.05, 0.1) is 12.7 Å². The molecule has 1 aromatic heterocycles. The third-order valence-corrected chi connectivity index (χ3v) is 4.38. The second-order valence-corrected chi connectivity index (χ2v) is 5.16. The largest absolute Gasteiger partial charge is 0.329 e. The first-order chi connectivity index (χ1) is 8.72. The molecule has 3 nitrogen and oxygen atoms in total. The summed E-state index contributed by atoms with van der Waals surface area (Å²) in [6.45, 7) is 12.1. The second-order valence-electron chi connectivity index (χ2n) is 4.10. The zero-order chi connectivity index (χ0) is 14.0. The lowest BCUT2D eigenvalue weighted by Crippen LogP contribution is -2.12. The Morgan fingerprint density at radius 1 is 1.33 bits per heavy atom. The van der Waals surface area contributed by atoms with Gasteiger partial charge in [0.2, 0.25) is 0 Å². The number of aromatic nitrogens is 2. The van der Waals surface area contributed by atoms with Crippen LogP contribution < -0.4 is 5.73 Å². The molecule has 0 unspecified atom stereocenters. The molecule has 1 heterocycles. The van der Waals surface area contributed by atoms with E-state index in [2.05, 4.69) is 25.9 Å². The molecule has 1 rings (SSSR count). The average molecular weight is 271 g/mol. The fourth-order valence-corrected chi connectivity index (χ4v) is 2.97. The van der Waals surface area contributed by atoms with E-state index in [1.165, 1.54) is 29.2 Å². The molecule has 1 aromatic rings. The fourth-order valence-electron chi connectivity index (χ4n) is 1.65. The van der Waals surface area contributed by atoms with Gasteiger partial charge in [-0.1, -0.05) is 40.5 Å². The van der Waals surface area contributed by atoms with Gasteiger partial charge in [-0.2, -0.15) is 5.10 Å². The highest BCUT2D eigenvalue weighted by atomic mass is 32.2. The Balaban J connectivity index is 0.00000137. The monoisotopic (exact) mass is 271 g/mol. The average Bonchev–Trinajstić information content (AvgIpc) is 2.75. The van der Waals surface area contributed by atoms with Gasteiger partial charge in [-0.3, -0.25) is 4.68 Å². The SMILES string of the molecule is CC.CCC(CC)CSc1cnn(CCN)c1C. The van der Waals surface area contributed by atoms with Crippen LogP contribution in [0.4, 0.5) is 0 Å². The lowest BCUT2D eigenvalue weighted by Gasteiger charge is -2.11. The smallest absolute Gasteiger partial charge is 0.0628 e. The van der Waals surface area contributed by atoms with Crippen molar-refractivity contribution in [1.82, 2.24) is 9.78 Å². The minimum absolute atomic E-state index is 0.652. The molecule has 4 heteroatoms. The highest BCUT2D eigenvalue weighted by molar-refractivity contribution is 7.99. The molecule has 0 bridgehead atoms. The quantitative estimate of drug-likeness (QED) is 0.769. The standard InChI is InChI=1S/C12H23N3S.C2H6/c1-4-11(5-2)9-16-12-8-14-15(7-6-13)10(12)3;1-2/h8,11H,4-7,9,13H2,1-3H3;1-2H3. The molecule has 18 heavy (non-hydrogen) atoms. The van der Waals surface area contributed by atoms with E-state index in [0.29, 0.717) is 6.54 Å². The van der Waals surface area contributed by atoms with Crippen LogP contribution in [0.5, 0.6) is 0 Å². The molecule has 0 saturated carbocycles. The number of hydrogen-bond acceptors (Lipinski definition) is 3. The van der Waals surface area contributed by atoms with Crippen molar-refractivity contribution in [2.45, 2.75) is 58.9 Å². The molecule has 0 radical (unpaired) electrons. The number of nitrogens with two attached hydrogens (primary N) is 1.